The number of benzene rings is 1. The lowest BCUT2D eigenvalue weighted by atomic mass is 10.00. The lowest BCUT2D eigenvalue weighted by Gasteiger charge is -2.45. The monoisotopic (exact) mass is 414 g/mol. The Bertz CT molecular complexity index is 899. The smallest absolute Gasteiger partial charge is 0.245 e. The molecule has 160 valence electrons. The first-order valence-corrected chi connectivity index (χ1v) is 10.4. The van der Waals surface area contributed by atoms with Crippen LogP contribution in [0.15, 0.2) is 36.7 Å². The molecule has 2 fully saturated rings. The van der Waals surface area contributed by atoms with E-state index in [9.17, 15) is 14.0 Å². The van der Waals surface area contributed by atoms with Gasteiger partial charge in [0.15, 0.2) is 0 Å². The van der Waals surface area contributed by atoms with Crippen LogP contribution in [0.1, 0.15) is 24.8 Å². The average Bonchev–Trinajstić information content (AvgIpc) is 3.20. The zero-order chi connectivity index (χ0) is 21.1. The van der Waals surface area contributed by atoms with Crippen molar-refractivity contribution in [2.75, 3.05) is 26.2 Å². The van der Waals surface area contributed by atoms with Crippen molar-refractivity contribution in [2.24, 2.45) is 5.73 Å². The maximum Gasteiger partial charge on any atom is 0.245 e. The van der Waals surface area contributed by atoms with E-state index in [2.05, 4.69) is 15.3 Å². The summed E-state index contributed by atoms with van der Waals surface area (Å²) in [4.78, 5) is 29.3. The van der Waals surface area contributed by atoms with Crippen LogP contribution in [0.25, 0.3) is 5.69 Å². The van der Waals surface area contributed by atoms with Crippen molar-refractivity contribution in [2.45, 2.75) is 37.9 Å². The highest BCUT2D eigenvalue weighted by Gasteiger charge is 2.42. The molecule has 2 aliphatic rings. The number of hydrogen-bond acceptors (Lipinski definition) is 5. The molecule has 2 atom stereocenters. The second-order valence-corrected chi connectivity index (χ2v) is 7.90. The summed E-state index contributed by atoms with van der Waals surface area (Å²) in [6.07, 6.45) is 5.99. The van der Waals surface area contributed by atoms with E-state index < -0.39 is 12.1 Å². The molecule has 4 rings (SSSR count). The van der Waals surface area contributed by atoms with E-state index in [1.54, 1.807) is 27.9 Å². The van der Waals surface area contributed by atoms with Crippen LogP contribution >= 0.6 is 0 Å². The molecule has 0 unspecified atom stereocenters. The van der Waals surface area contributed by atoms with Crippen LogP contribution in [0.4, 0.5) is 4.39 Å². The summed E-state index contributed by atoms with van der Waals surface area (Å²) >= 11 is 0. The summed E-state index contributed by atoms with van der Waals surface area (Å²) in [6.45, 7) is 2.96. The minimum atomic E-state index is -0.454. The number of unbranched alkanes of at least 4 members (excludes halogenated alkanes) is 1. The summed E-state index contributed by atoms with van der Waals surface area (Å²) in [5.41, 5.74) is 7.30. The fraction of sp³-hybridized carbons (Fsp3) is 0.476. The molecular weight excluding hydrogens is 387 g/mol. The van der Waals surface area contributed by atoms with Crippen LogP contribution in [0.2, 0.25) is 0 Å². The Kier molecular flexibility index (Phi) is 6.10. The Hall–Kier alpha value is -2.78. The predicted octanol–water partition coefficient (Wildman–Crippen LogP) is 0.652. The molecule has 30 heavy (non-hydrogen) atoms. The lowest BCUT2D eigenvalue weighted by molar-refractivity contribution is -0.153. The van der Waals surface area contributed by atoms with Gasteiger partial charge in [0.25, 0.3) is 0 Å². The van der Waals surface area contributed by atoms with Crippen molar-refractivity contribution in [3.05, 3.63) is 48.0 Å². The molecule has 0 bridgehead atoms. The van der Waals surface area contributed by atoms with E-state index in [0.29, 0.717) is 39.1 Å². The Morgan fingerprint density at radius 1 is 1.17 bits per heavy atom. The largest absolute Gasteiger partial charge is 0.342 e. The number of nitrogens with two attached hydrogens (primary N) is 1. The number of aromatic nitrogens is 2. The summed E-state index contributed by atoms with van der Waals surface area (Å²) < 4.78 is 14.8. The lowest BCUT2D eigenvalue weighted by Crippen LogP contribution is -2.69. The number of piperazine rings is 2. The fourth-order valence-corrected chi connectivity index (χ4v) is 4.12. The predicted molar refractivity (Wildman–Crippen MR) is 109 cm³/mol. The van der Waals surface area contributed by atoms with Crippen molar-refractivity contribution >= 4 is 11.8 Å². The highest BCUT2D eigenvalue weighted by atomic mass is 19.1. The standard InChI is InChI=1S/C21H27FN6O2/c22-16-4-6-17(7-5-16)28-13-15(11-24-28)12-26-9-10-27-19(14-26)20(29)25-18(21(27)30)3-1-2-8-23/h4-7,11,13,18-19H,1-3,8-10,12,14,23H2,(H,25,29)/t18-,19+/m0/s1. The molecule has 0 aliphatic carbocycles. The second-order valence-electron chi connectivity index (χ2n) is 7.90. The van der Waals surface area contributed by atoms with Crippen molar-refractivity contribution < 1.29 is 14.0 Å². The van der Waals surface area contributed by atoms with Gasteiger partial charge in [-0.05, 0) is 50.1 Å². The van der Waals surface area contributed by atoms with Crippen molar-refractivity contribution in [1.82, 2.24) is 24.9 Å². The van der Waals surface area contributed by atoms with E-state index in [0.717, 1.165) is 24.1 Å². The number of halogens is 1. The summed E-state index contributed by atoms with van der Waals surface area (Å²) in [7, 11) is 0. The number of nitrogens with zero attached hydrogens (tertiary/aromatic N) is 4. The van der Waals surface area contributed by atoms with E-state index >= 15 is 0 Å². The second kappa shape index (κ2) is 8.93. The molecular formula is C21H27FN6O2. The van der Waals surface area contributed by atoms with Crippen LogP contribution in [0.3, 0.4) is 0 Å². The van der Waals surface area contributed by atoms with Gasteiger partial charge in [0.05, 0.1) is 11.9 Å². The molecule has 2 aromatic rings. The summed E-state index contributed by atoms with van der Waals surface area (Å²) in [6, 6.07) is 5.26. The number of rotatable bonds is 7. The Morgan fingerprint density at radius 2 is 1.97 bits per heavy atom. The van der Waals surface area contributed by atoms with Gasteiger partial charge in [-0.3, -0.25) is 14.5 Å². The van der Waals surface area contributed by atoms with Crippen LogP contribution in [-0.4, -0.2) is 69.7 Å². The Morgan fingerprint density at radius 3 is 2.73 bits per heavy atom. The van der Waals surface area contributed by atoms with Crippen LogP contribution < -0.4 is 11.1 Å². The maximum absolute atomic E-state index is 13.1. The van der Waals surface area contributed by atoms with E-state index in [1.807, 2.05) is 6.20 Å². The van der Waals surface area contributed by atoms with Crippen molar-refractivity contribution in [3.63, 3.8) is 0 Å². The zero-order valence-corrected chi connectivity index (χ0v) is 16.8. The minimum Gasteiger partial charge on any atom is -0.342 e. The van der Waals surface area contributed by atoms with Gasteiger partial charge < -0.3 is 16.0 Å². The van der Waals surface area contributed by atoms with Gasteiger partial charge in [-0.1, -0.05) is 0 Å². The number of amides is 2. The molecule has 3 N–H and O–H groups in total. The Labute approximate surface area is 174 Å². The maximum atomic E-state index is 13.1. The molecule has 8 nitrogen and oxygen atoms in total. The van der Waals surface area contributed by atoms with Crippen LogP contribution in [-0.2, 0) is 16.1 Å². The zero-order valence-electron chi connectivity index (χ0n) is 16.8. The molecule has 0 saturated carbocycles. The topological polar surface area (TPSA) is 96.5 Å². The third-order valence-corrected chi connectivity index (χ3v) is 5.75. The Balaban J connectivity index is 1.36. The first kappa shape index (κ1) is 20.5. The number of hydrogen-bond donors (Lipinski definition) is 2. The average molecular weight is 414 g/mol. The van der Waals surface area contributed by atoms with E-state index in [4.69, 9.17) is 5.73 Å². The van der Waals surface area contributed by atoms with Gasteiger partial charge in [0.1, 0.15) is 17.9 Å². The number of nitrogens with one attached hydrogen (secondary N) is 1. The quantitative estimate of drug-likeness (QED) is 0.649. The molecule has 0 spiro atoms. The molecule has 1 aromatic carbocycles. The first-order valence-electron chi connectivity index (χ1n) is 10.4. The fourth-order valence-electron chi connectivity index (χ4n) is 4.12. The minimum absolute atomic E-state index is 0.0143. The normalized spacial score (nSPS) is 22.1. The molecule has 2 aliphatic heterocycles. The molecule has 1 aromatic heterocycles. The van der Waals surface area contributed by atoms with E-state index in [-0.39, 0.29) is 17.6 Å². The number of carbonyl (C=O) groups excluding carboxylic acids is 2. The molecule has 2 amide bonds. The van der Waals surface area contributed by atoms with Crippen molar-refractivity contribution in [1.29, 1.82) is 0 Å². The SMILES string of the molecule is NCCCC[C@@H]1NC(=O)[C@H]2CN(Cc3cnn(-c4ccc(F)cc4)c3)CCN2C1=O. The van der Waals surface area contributed by atoms with Crippen LogP contribution in [0.5, 0.6) is 0 Å². The van der Waals surface area contributed by atoms with Crippen LogP contribution in [0, 0.1) is 5.82 Å². The van der Waals surface area contributed by atoms with Crippen molar-refractivity contribution in [3.8, 4) is 5.69 Å². The van der Waals surface area contributed by atoms with Gasteiger partial charge in [-0.25, -0.2) is 9.07 Å². The molecule has 9 heteroatoms. The highest BCUT2D eigenvalue weighted by molar-refractivity contribution is 5.97. The van der Waals surface area contributed by atoms with Gasteiger partial charge in [-0.15, -0.1) is 0 Å². The number of carbonyl (C=O) groups is 2. The molecule has 2 saturated heterocycles. The highest BCUT2D eigenvalue weighted by Crippen LogP contribution is 2.20. The summed E-state index contributed by atoms with van der Waals surface area (Å²) in [5.74, 6) is -0.356. The molecule has 3 heterocycles. The number of fused-ring (bicyclic) bond motifs is 1. The molecule has 0 radical (unpaired) electrons. The van der Waals surface area contributed by atoms with Gasteiger partial charge in [0.2, 0.25) is 11.8 Å². The van der Waals surface area contributed by atoms with E-state index in [1.165, 1.54) is 12.1 Å². The van der Waals surface area contributed by atoms with Gasteiger partial charge >= 0.3 is 0 Å². The summed E-state index contributed by atoms with van der Waals surface area (Å²) in [5, 5.41) is 7.24. The van der Waals surface area contributed by atoms with Gasteiger partial charge in [0, 0.05) is 37.9 Å². The third-order valence-electron chi connectivity index (χ3n) is 5.75. The third kappa shape index (κ3) is 4.36. The first-order chi connectivity index (χ1) is 14.5. The van der Waals surface area contributed by atoms with Gasteiger partial charge in [-0.2, -0.15) is 5.10 Å².